The van der Waals surface area contributed by atoms with Gasteiger partial charge in [0.15, 0.2) is 0 Å². The third-order valence-electron chi connectivity index (χ3n) is 3.20. The van der Waals surface area contributed by atoms with Gasteiger partial charge in [-0.1, -0.05) is 5.21 Å². The van der Waals surface area contributed by atoms with Gasteiger partial charge in [0.2, 0.25) is 0 Å². The van der Waals surface area contributed by atoms with Crippen LogP contribution in [0.3, 0.4) is 0 Å². The molecule has 0 bridgehead atoms. The van der Waals surface area contributed by atoms with Crippen LogP contribution < -0.4 is 0 Å². The second kappa shape index (κ2) is 6.49. The number of unbranched alkanes of at least 4 members (excludes halogenated alkanes) is 1. The van der Waals surface area contributed by atoms with E-state index in [-0.39, 0.29) is 6.42 Å². The number of carboxylic acids is 1. The second-order valence-electron chi connectivity index (χ2n) is 4.63. The maximum atomic E-state index is 10.4. The number of hydrogen-bond acceptors (Lipinski definition) is 4. The van der Waals surface area contributed by atoms with Crippen molar-refractivity contribution in [3.05, 3.63) is 11.9 Å². The summed E-state index contributed by atoms with van der Waals surface area (Å²) in [7, 11) is 0. The van der Waals surface area contributed by atoms with Gasteiger partial charge in [0.25, 0.3) is 0 Å². The fraction of sp³-hybridized carbons (Fsp3) is 0.750. The molecule has 0 unspecified atom stereocenters. The number of hydrogen-bond donors (Lipinski definition) is 1. The van der Waals surface area contributed by atoms with E-state index in [9.17, 15) is 4.79 Å². The largest absolute Gasteiger partial charge is 0.481 e. The molecule has 0 amide bonds. The Labute approximate surface area is 106 Å². The summed E-state index contributed by atoms with van der Waals surface area (Å²) in [5.41, 5.74) is 0.951. The van der Waals surface area contributed by atoms with E-state index in [0.29, 0.717) is 12.5 Å². The number of aryl methyl sites for hydroxylation is 1. The predicted octanol–water partition coefficient (Wildman–Crippen LogP) is 1.43. The van der Waals surface area contributed by atoms with E-state index in [1.807, 2.05) is 10.9 Å². The molecule has 1 N–H and O–H groups in total. The number of aromatic nitrogens is 3. The summed E-state index contributed by atoms with van der Waals surface area (Å²) in [4.78, 5) is 10.4. The van der Waals surface area contributed by atoms with Crippen molar-refractivity contribution in [1.29, 1.82) is 0 Å². The number of nitrogens with zero attached hydrogens (tertiary/aromatic N) is 3. The van der Waals surface area contributed by atoms with Gasteiger partial charge in [-0.05, 0) is 32.1 Å². The van der Waals surface area contributed by atoms with Crippen LogP contribution in [0, 0.1) is 0 Å². The summed E-state index contributed by atoms with van der Waals surface area (Å²) in [5.74, 6) is -0.735. The first-order valence-corrected chi connectivity index (χ1v) is 6.46. The van der Waals surface area contributed by atoms with Crippen LogP contribution in [0.25, 0.3) is 0 Å². The molecule has 18 heavy (non-hydrogen) atoms. The second-order valence-corrected chi connectivity index (χ2v) is 4.63. The average Bonchev–Trinajstić information content (AvgIpc) is 2.84. The van der Waals surface area contributed by atoms with E-state index in [1.54, 1.807) is 0 Å². The lowest BCUT2D eigenvalue weighted by Gasteiger charge is -2.21. The van der Waals surface area contributed by atoms with Crippen molar-refractivity contribution in [1.82, 2.24) is 15.0 Å². The summed E-state index contributed by atoms with van der Waals surface area (Å²) in [6, 6.07) is 0.402. The number of aliphatic carboxylic acids is 1. The van der Waals surface area contributed by atoms with Crippen LogP contribution in [0.2, 0.25) is 0 Å². The van der Waals surface area contributed by atoms with Crippen molar-refractivity contribution in [2.45, 2.75) is 44.6 Å². The summed E-state index contributed by atoms with van der Waals surface area (Å²) in [6.07, 6.45) is 6.53. The van der Waals surface area contributed by atoms with E-state index in [2.05, 4.69) is 10.3 Å². The zero-order valence-electron chi connectivity index (χ0n) is 10.4. The van der Waals surface area contributed by atoms with E-state index >= 15 is 0 Å². The van der Waals surface area contributed by atoms with Crippen molar-refractivity contribution < 1.29 is 14.6 Å². The van der Waals surface area contributed by atoms with Crippen LogP contribution in [-0.2, 0) is 16.0 Å². The van der Waals surface area contributed by atoms with Crippen LogP contribution >= 0.6 is 0 Å². The summed E-state index contributed by atoms with van der Waals surface area (Å²) >= 11 is 0. The summed E-state index contributed by atoms with van der Waals surface area (Å²) < 4.78 is 7.24. The Morgan fingerprint density at radius 1 is 1.44 bits per heavy atom. The van der Waals surface area contributed by atoms with Gasteiger partial charge in [-0.3, -0.25) is 4.79 Å². The molecule has 1 aliphatic heterocycles. The standard InChI is InChI=1S/C12H19N3O3/c16-12(17)4-2-1-3-10-9-15(14-13-10)11-5-7-18-8-6-11/h9,11H,1-8H2,(H,16,17). The molecule has 1 aromatic heterocycles. The lowest BCUT2D eigenvalue weighted by molar-refractivity contribution is -0.137. The van der Waals surface area contributed by atoms with Crippen LogP contribution in [0.1, 0.15) is 43.8 Å². The summed E-state index contributed by atoms with van der Waals surface area (Å²) in [5, 5.41) is 16.8. The van der Waals surface area contributed by atoms with Crippen LogP contribution in [-0.4, -0.2) is 39.3 Å². The molecule has 0 aromatic carbocycles. The van der Waals surface area contributed by atoms with E-state index in [0.717, 1.165) is 44.6 Å². The van der Waals surface area contributed by atoms with Crippen molar-refractivity contribution in [3.8, 4) is 0 Å². The Balaban J connectivity index is 1.76. The zero-order valence-corrected chi connectivity index (χ0v) is 10.4. The molecule has 0 saturated carbocycles. The molecule has 0 atom stereocenters. The number of rotatable bonds is 6. The molecule has 6 heteroatoms. The van der Waals surface area contributed by atoms with Crippen LogP contribution in [0.15, 0.2) is 6.20 Å². The highest BCUT2D eigenvalue weighted by Gasteiger charge is 2.16. The fourth-order valence-corrected chi connectivity index (χ4v) is 2.14. The Morgan fingerprint density at radius 2 is 2.22 bits per heavy atom. The Hall–Kier alpha value is -1.43. The Kier molecular flexibility index (Phi) is 4.69. The lowest BCUT2D eigenvalue weighted by Crippen LogP contribution is -2.19. The molecule has 6 nitrogen and oxygen atoms in total. The maximum Gasteiger partial charge on any atom is 0.303 e. The molecule has 1 aromatic rings. The Bertz CT molecular complexity index is 386. The highest BCUT2D eigenvalue weighted by molar-refractivity contribution is 5.66. The minimum atomic E-state index is -0.735. The van der Waals surface area contributed by atoms with Gasteiger partial charge >= 0.3 is 5.97 Å². The molecule has 2 heterocycles. The van der Waals surface area contributed by atoms with E-state index in [1.165, 1.54) is 0 Å². The first kappa shape index (κ1) is 13.0. The quantitative estimate of drug-likeness (QED) is 0.776. The van der Waals surface area contributed by atoms with Gasteiger partial charge in [0, 0.05) is 25.8 Å². The average molecular weight is 253 g/mol. The topological polar surface area (TPSA) is 77.2 Å². The number of carbonyl (C=O) groups is 1. The smallest absolute Gasteiger partial charge is 0.303 e. The fourth-order valence-electron chi connectivity index (χ4n) is 2.14. The van der Waals surface area contributed by atoms with Gasteiger partial charge < -0.3 is 9.84 Å². The highest BCUT2D eigenvalue weighted by Crippen LogP contribution is 2.19. The molecule has 0 aliphatic carbocycles. The number of ether oxygens (including phenoxy) is 1. The van der Waals surface area contributed by atoms with E-state index < -0.39 is 5.97 Å². The SMILES string of the molecule is O=C(O)CCCCc1cn(C2CCOCC2)nn1. The molecule has 0 spiro atoms. The number of carboxylic acid groups (broad SMARTS) is 1. The first-order valence-electron chi connectivity index (χ1n) is 6.46. The predicted molar refractivity (Wildman–Crippen MR) is 64.3 cm³/mol. The molecule has 1 saturated heterocycles. The third-order valence-corrected chi connectivity index (χ3v) is 3.20. The summed E-state index contributed by atoms with van der Waals surface area (Å²) in [6.45, 7) is 1.58. The maximum absolute atomic E-state index is 10.4. The third kappa shape index (κ3) is 3.80. The van der Waals surface area contributed by atoms with Gasteiger partial charge in [-0.2, -0.15) is 0 Å². The van der Waals surface area contributed by atoms with Crippen molar-refractivity contribution in [3.63, 3.8) is 0 Å². The molecule has 100 valence electrons. The molecular weight excluding hydrogens is 234 g/mol. The molecule has 0 radical (unpaired) electrons. The zero-order chi connectivity index (χ0) is 12.8. The van der Waals surface area contributed by atoms with Crippen LogP contribution in [0.5, 0.6) is 0 Å². The molecular formula is C12H19N3O3. The van der Waals surface area contributed by atoms with Gasteiger partial charge in [-0.15, -0.1) is 5.10 Å². The van der Waals surface area contributed by atoms with Crippen molar-refractivity contribution >= 4 is 5.97 Å². The highest BCUT2D eigenvalue weighted by atomic mass is 16.5. The lowest BCUT2D eigenvalue weighted by atomic mass is 10.1. The minimum absolute atomic E-state index is 0.230. The van der Waals surface area contributed by atoms with E-state index in [4.69, 9.17) is 9.84 Å². The van der Waals surface area contributed by atoms with Gasteiger partial charge in [0.05, 0.1) is 11.7 Å². The molecule has 1 aliphatic rings. The first-order chi connectivity index (χ1) is 8.75. The van der Waals surface area contributed by atoms with Gasteiger partial charge in [-0.25, -0.2) is 4.68 Å². The molecule has 1 fully saturated rings. The van der Waals surface area contributed by atoms with Crippen molar-refractivity contribution in [2.24, 2.45) is 0 Å². The molecule has 2 rings (SSSR count). The normalized spacial score (nSPS) is 16.9. The monoisotopic (exact) mass is 253 g/mol. The minimum Gasteiger partial charge on any atom is -0.481 e. The van der Waals surface area contributed by atoms with Gasteiger partial charge in [0.1, 0.15) is 0 Å². The van der Waals surface area contributed by atoms with Crippen LogP contribution in [0.4, 0.5) is 0 Å². The van der Waals surface area contributed by atoms with Crippen molar-refractivity contribution in [2.75, 3.05) is 13.2 Å². The Morgan fingerprint density at radius 3 is 2.94 bits per heavy atom.